The standard InChI is InChI=1S/C20H16Cl2N2O3S/c1-11-5-2-3-6-12(11)20-24-16(10-28-20)19(27)23-15(9-17(25)26)13-7-4-8-14(21)18(13)22/h2-8,10,15H,9H2,1H3,(H,23,27)(H,25,26). The van der Waals surface area contributed by atoms with Gasteiger partial charge in [0.2, 0.25) is 0 Å². The molecule has 0 radical (unpaired) electrons. The Bertz CT molecular complexity index is 1040. The third-order valence-electron chi connectivity index (χ3n) is 4.15. The van der Waals surface area contributed by atoms with Crippen LogP contribution in [0.25, 0.3) is 10.6 Å². The van der Waals surface area contributed by atoms with Gasteiger partial charge in [-0.25, -0.2) is 4.98 Å². The van der Waals surface area contributed by atoms with Crippen LogP contribution in [-0.4, -0.2) is 22.0 Å². The monoisotopic (exact) mass is 434 g/mol. The maximum Gasteiger partial charge on any atom is 0.305 e. The number of hydrogen-bond acceptors (Lipinski definition) is 4. The van der Waals surface area contributed by atoms with E-state index in [0.29, 0.717) is 10.6 Å². The molecule has 0 aliphatic carbocycles. The van der Waals surface area contributed by atoms with Crippen LogP contribution in [-0.2, 0) is 4.79 Å². The van der Waals surface area contributed by atoms with Gasteiger partial charge in [0.25, 0.3) is 5.91 Å². The van der Waals surface area contributed by atoms with Crippen LogP contribution in [0.5, 0.6) is 0 Å². The lowest BCUT2D eigenvalue weighted by molar-refractivity contribution is -0.137. The van der Waals surface area contributed by atoms with E-state index in [1.54, 1.807) is 23.6 Å². The van der Waals surface area contributed by atoms with E-state index in [4.69, 9.17) is 23.2 Å². The summed E-state index contributed by atoms with van der Waals surface area (Å²) < 4.78 is 0. The number of hydrogen-bond donors (Lipinski definition) is 2. The molecule has 1 unspecified atom stereocenters. The third-order valence-corrected chi connectivity index (χ3v) is 5.86. The molecule has 2 aromatic carbocycles. The number of carbonyl (C=O) groups excluding carboxylic acids is 1. The molecule has 1 atom stereocenters. The number of aryl methyl sites for hydroxylation is 1. The summed E-state index contributed by atoms with van der Waals surface area (Å²) >= 11 is 13.6. The highest BCUT2D eigenvalue weighted by atomic mass is 35.5. The third kappa shape index (κ3) is 4.52. The highest BCUT2D eigenvalue weighted by Gasteiger charge is 2.23. The topological polar surface area (TPSA) is 79.3 Å². The molecule has 28 heavy (non-hydrogen) atoms. The van der Waals surface area contributed by atoms with Gasteiger partial charge in [0.15, 0.2) is 0 Å². The summed E-state index contributed by atoms with van der Waals surface area (Å²) in [6, 6.07) is 11.8. The maximum atomic E-state index is 12.7. The first kappa shape index (κ1) is 20.3. The molecule has 144 valence electrons. The van der Waals surface area contributed by atoms with Gasteiger partial charge in [-0.2, -0.15) is 0 Å². The minimum Gasteiger partial charge on any atom is -0.481 e. The van der Waals surface area contributed by atoms with Crippen LogP contribution >= 0.6 is 34.5 Å². The second kappa shape index (κ2) is 8.73. The van der Waals surface area contributed by atoms with E-state index in [2.05, 4.69) is 10.3 Å². The summed E-state index contributed by atoms with van der Waals surface area (Å²) in [5, 5.41) is 14.8. The molecule has 2 N–H and O–H groups in total. The van der Waals surface area contributed by atoms with E-state index in [9.17, 15) is 14.7 Å². The van der Waals surface area contributed by atoms with Crippen molar-refractivity contribution in [2.24, 2.45) is 0 Å². The number of thiazole rings is 1. The molecule has 0 aliphatic heterocycles. The Morgan fingerprint density at radius 3 is 2.64 bits per heavy atom. The van der Waals surface area contributed by atoms with E-state index in [-0.39, 0.29) is 17.1 Å². The van der Waals surface area contributed by atoms with Crippen molar-refractivity contribution in [2.45, 2.75) is 19.4 Å². The molecule has 5 nitrogen and oxygen atoms in total. The van der Waals surface area contributed by atoms with Gasteiger partial charge >= 0.3 is 5.97 Å². The van der Waals surface area contributed by atoms with Gasteiger partial charge in [-0.15, -0.1) is 11.3 Å². The second-order valence-corrected chi connectivity index (χ2v) is 7.76. The number of benzene rings is 2. The highest BCUT2D eigenvalue weighted by Crippen LogP contribution is 2.32. The lowest BCUT2D eigenvalue weighted by Crippen LogP contribution is -2.30. The van der Waals surface area contributed by atoms with Gasteiger partial charge in [0.1, 0.15) is 10.7 Å². The Morgan fingerprint density at radius 1 is 1.18 bits per heavy atom. The fourth-order valence-electron chi connectivity index (χ4n) is 2.75. The minimum absolute atomic E-state index is 0.217. The number of carbonyl (C=O) groups is 2. The van der Waals surface area contributed by atoms with Crippen molar-refractivity contribution in [3.63, 3.8) is 0 Å². The van der Waals surface area contributed by atoms with Gasteiger partial charge in [-0.3, -0.25) is 9.59 Å². The summed E-state index contributed by atoms with van der Waals surface area (Å²) in [6.07, 6.45) is -0.333. The molecule has 0 aliphatic rings. The smallest absolute Gasteiger partial charge is 0.305 e. The molecule has 3 rings (SSSR count). The number of nitrogens with one attached hydrogen (secondary N) is 1. The Morgan fingerprint density at radius 2 is 1.93 bits per heavy atom. The number of amides is 1. The minimum atomic E-state index is -1.07. The second-order valence-electron chi connectivity index (χ2n) is 6.12. The van der Waals surface area contributed by atoms with Gasteiger partial charge in [0, 0.05) is 10.9 Å². The first-order chi connectivity index (χ1) is 13.4. The van der Waals surface area contributed by atoms with Crippen molar-refractivity contribution < 1.29 is 14.7 Å². The molecule has 1 aromatic heterocycles. The van der Waals surface area contributed by atoms with Crippen molar-refractivity contribution in [1.82, 2.24) is 10.3 Å². The number of halogens is 2. The van der Waals surface area contributed by atoms with E-state index in [0.717, 1.165) is 16.1 Å². The van der Waals surface area contributed by atoms with E-state index < -0.39 is 17.9 Å². The molecular weight excluding hydrogens is 419 g/mol. The van der Waals surface area contributed by atoms with Gasteiger partial charge < -0.3 is 10.4 Å². The predicted molar refractivity (Wildman–Crippen MR) is 111 cm³/mol. The Balaban J connectivity index is 1.86. The molecule has 3 aromatic rings. The predicted octanol–water partition coefficient (Wildman–Crippen LogP) is 5.37. The van der Waals surface area contributed by atoms with Crippen LogP contribution < -0.4 is 5.32 Å². The molecule has 0 saturated carbocycles. The molecule has 0 spiro atoms. The summed E-state index contributed by atoms with van der Waals surface area (Å²) in [5.74, 6) is -1.54. The Kier molecular flexibility index (Phi) is 6.34. The zero-order valence-electron chi connectivity index (χ0n) is 14.8. The lowest BCUT2D eigenvalue weighted by atomic mass is 10.0. The number of nitrogens with zero attached hydrogens (tertiary/aromatic N) is 1. The molecule has 1 heterocycles. The van der Waals surface area contributed by atoms with Crippen LogP contribution in [0.3, 0.4) is 0 Å². The van der Waals surface area contributed by atoms with E-state index in [1.165, 1.54) is 11.3 Å². The normalized spacial score (nSPS) is 11.8. The van der Waals surface area contributed by atoms with Crippen molar-refractivity contribution in [3.8, 4) is 10.6 Å². The number of carboxylic acids is 1. The lowest BCUT2D eigenvalue weighted by Gasteiger charge is -2.18. The molecule has 8 heteroatoms. The van der Waals surface area contributed by atoms with E-state index in [1.807, 2.05) is 31.2 Å². The average molecular weight is 435 g/mol. The summed E-state index contributed by atoms with van der Waals surface area (Å²) in [5.41, 5.74) is 2.67. The number of aliphatic carboxylic acids is 1. The molecular formula is C20H16Cl2N2O3S. The van der Waals surface area contributed by atoms with Crippen molar-refractivity contribution >= 4 is 46.4 Å². The number of aromatic nitrogens is 1. The molecule has 0 fully saturated rings. The summed E-state index contributed by atoms with van der Waals surface area (Å²) in [7, 11) is 0. The van der Waals surface area contributed by atoms with Crippen molar-refractivity contribution in [2.75, 3.05) is 0 Å². The van der Waals surface area contributed by atoms with Crippen molar-refractivity contribution in [1.29, 1.82) is 0 Å². The Labute approximate surface area is 176 Å². The van der Waals surface area contributed by atoms with E-state index >= 15 is 0 Å². The van der Waals surface area contributed by atoms with Crippen LogP contribution in [0.4, 0.5) is 0 Å². The Hall–Kier alpha value is -2.41. The zero-order chi connectivity index (χ0) is 20.3. The quantitative estimate of drug-likeness (QED) is 0.546. The van der Waals surface area contributed by atoms with Crippen LogP contribution in [0.2, 0.25) is 10.0 Å². The fourth-order valence-corrected chi connectivity index (χ4v) is 4.08. The largest absolute Gasteiger partial charge is 0.481 e. The van der Waals surface area contributed by atoms with Gasteiger partial charge in [-0.05, 0) is 24.1 Å². The summed E-state index contributed by atoms with van der Waals surface area (Å²) in [4.78, 5) is 28.4. The first-order valence-electron chi connectivity index (χ1n) is 8.35. The van der Waals surface area contributed by atoms with Crippen molar-refractivity contribution in [3.05, 3.63) is 74.7 Å². The van der Waals surface area contributed by atoms with Crippen LogP contribution in [0.1, 0.15) is 34.1 Å². The molecule has 0 saturated heterocycles. The SMILES string of the molecule is Cc1ccccc1-c1nc(C(=O)NC(CC(=O)O)c2cccc(Cl)c2Cl)cs1. The molecule has 0 bridgehead atoms. The number of carboxylic acid groups (broad SMARTS) is 1. The maximum absolute atomic E-state index is 12.7. The zero-order valence-corrected chi connectivity index (χ0v) is 17.1. The van der Waals surface area contributed by atoms with Gasteiger partial charge in [0.05, 0.1) is 22.5 Å². The average Bonchev–Trinajstić information content (AvgIpc) is 3.13. The highest BCUT2D eigenvalue weighted by molar-refractivity contribution is 7.13. The van der Waals surface area contributed by atoms with Crippen LogP contribution in [0, 0.1) is 6.92 Å². The fraction of sp³-hybridized carbons (Fsp3) is 0.150. The van der Waals surface area contributed by atoms with Gasteiger partial charge in [-0.1, -0.05) is 59.6 Å². The molecule has 1 amide bonds. The van der Waals surface area contributed by atoms with Crippen LogP contribution in [0.15, 0.2) is 47.8 Å². The summed E-state index contributed by atoms with van der Waals surface area (Å²) in [6.45, 7) is 1.97. The number of rotatable bonds is 6. The first-order valence-corrected chi connectivity index (χ1v) is 9.98.